The van der Waals surface area contributed by atoms with E-state index in [-0.39, 0.29) is 11.3 Å². The van der Waals surface area contributed by atoms with Crippen molar-refractivity contribution in [2.45, 2.75) is 37.5 Å². The fourth-order valence-corrected chi connectivity index (χ4v) is 3.40. The summed E-state index contributed by atoms with van der Waals surface area (Å²) in [5.74, 6) is 0.669. The largest absolute Gasteiger partial charge is 0.457 e. The van der Waals surface area contributed by atoms with Crippen LogP contribution >= 0.6 is 15.9 Å². The number of hydrogen-bond acceptors (Lipinski definition) is 4. The number of benzene rings is 2. The van der Waals surface area contributed by atoms with Crippen molar-refractivity contribution in [1.82, 2.24) is 4.72 Å². The number of amides is 1. The minimum Gasteiger partial charge on any atom is -0.457 e. The molecule has 25 heavy (non-hydrogen) atoms. The van der Waals surface area contributed by atoms with Crippen molar-refractivity contribution in [2.24, 2.45) is 0 Å². The summed E-state index contributed by atoms with van der Waals surface area (Å²) in [6.07, 6.45) is 2.76. The van der Waals surface area contributed by atoms with Gasteiger partial charge in [0.2, 0.25) is 5.91 Å². The van der Waals surface area contributed by atoms with Crippen molar-refractivity contribution in [1.29, 1.82) is 0 Å². The molecule has 0 fully saturated rings. The van der Waals surface area contributed by atoms with Crippen molar-refractivity contribution < 1.29 is 17.9 Å². The van der Waals surface area contributed by atoms with Crippen LogP contribution in [0.1, 0.15) is 32.6 Å². The van der Waals surface area contributed by atoms with Gasteiger partial charge in [-0.1, -0.05) is 35.7 Å². The molecule has 1 N–H and O–H groups in total. The third-order valence-corrected chi connectivity index (χ3v) is 5.36. The maximum atomic E-state index is 12.2. The lowest BCUT2D eigenvalue weighted by molar-refractivity contribution is -0.119. The van der Waals surface area contributed by atoms with Gasteiger partial charge in [0.05, 0.1) is 4.90 Å². The number of rotatable bonds is 8. The van der Waals surface area contributed by atoms with E-state index in [2.05, 4.69) is 20.7 Å². The fourth-order valence-electron chi connectivity index (χ4n) is 2.12. The van der Waals surface area contributed by atoms with Crippen molar-refractivity contribution in [3.05, 3.63) is 53.0 Å². The molecule has 1 amide bonds. The fraction of sp³-hybridized carbons (Fsp3) is 0.278. The van der Waals surface area contributed by atoms with Crippen LogP contribution in [0.5, 0.6) is 11.5 Å². The first kappa shape index (κ1) is 19.5. The Hall–Kier alpha value is -1.86. The molecule has 0 aliphatic rings. The second-order valence-corrected chi connectivity index (χ2v) is 8.11. The molecule has 0 atom stereocenters. The van der Waals surface area contributed by atoms with Gasteiger partial charge in [-0.2, -0.15) is 0 Å². The van der Waals surface area contributed by atoms with Crippen LogP contribution in [-0.4, -0.2) is 14.3 Å². The van der Waals surface area contributed by atoms with Crippen molar-refractivity contribution >= 4 is 31.9 Å². The molecule has 0 spiro atoms. The molecular weight excluding hydrogens is 406 g/mol. The van der Waals surface area contributed by atoms with Gasteiger partial charge in [0.25, 0.3) is 10.0 Å². The zero-order valence-corrected chi connectivity index (χ0v) is 16.3. The number of halogens is 1. The van der Waals surface area contributed by atoms with Gasteiger partial charge < -0.3 is 4.74 Å². The smallest absolute Gasteiger partial charge is 0.264 e. The van der Waals surface area contributed by atoms with Gasteiger partial charge in [0.15, 0.2) is 0 Å². The van der Waals surface area contributed by atoms with E-state index in [9.17, 15) is 13.2 Å². The number of ether oxygens (including phenoxy) is 1. The zero-order valence-electron chi connectivity index (χ0n) is 13.9. The van der Waals surface area contributed by atoms with Crippen LogP contribution in [0.2, 0.25) is 0 Å². The molecule has 0 bridgehead atoms. The summed E-state index contributed by atoms with van der Waals surface area (Å²) < 4.78 is 33.1. The van der Waals surface area contributed by atoms with E-state index in [4.69, 9.17) is 4.74 Å². The Bertz CT molecular complexity index is 802. The second kappa shape index (κ2) is 9.01. The molecule has 2 aromatic carbocycles. The van der Waals surface area contributed by atoms with Gasteiger partial charge in [0.1, 0.15) is 11.5 Å². The van der Waals surface area contributed by atoms with Crippen molar-refractivity contribution in [3.63, 3.8) is 0 Å². The molecule has 0 radical (unpaired) electrons. The van der Waals surface area contributed by atoms with E-state index in [0.29, 0.717) is 17.9 Å². The maximum Gasteiger partial charge on any atom is 0.264 e. The number of carbonyl (C=O) groups excluding carboxylic acids is 1. The second-order valence-electron chi connectivity index (χ2n) is 5.51. The molecule has 2 rings (SSSR count). The average molecular weight is 426 g/mol. The van der Waals surface area contributed by atoms with Crippen LogP contribution in [0.4, 0.5) is 0 Å². The molecule has 0 saturated carbocycles. The minimum atomic E-state index is -3.85. The lowest BCUT2D eigenvalue weighted by Gasteiger charge is -2.09. The molecule has 7 heteroatoms. The number of hydrogen-bond donors (Lipinski definition) is 1. The van der Waals surface area contributed by atoms with Crippen LogP contribution in [0.15, 0.2) is 57.9 Å². The summed E-state index contributed by atoms with van der Waals surface area (Å²) in [6, 6.07) is 13.2. The summed E-state index contributed by atoms with van der Waals surface area (Å²) >= 11 is 3.34. The van der Waals surface area contributed by atoms with Gasteiger partial charge >= 0.3 is 0 Å². The predicted molar refractivity (Wildman–Crippen MR) is 100 cm³/mol. The van der Waals surface area contributed by atoms with Crippen LogP contribution in [0.3, 0.4) is 0 Å². The predicted octanol–water partition coefficient (Wildman–Crippen LogP) is 4.63. The zero-order chi connectivity index (χ0) is 18.3. The molecule has 0 aromatic heterocycles. The van der Waals surface area contributed by atoms with Gasteiger partial charge in [-0.05, 0) is 55.0 Å². The quantitative estimate of drug-likeness (QED) is 0.625. The van der Waals surface area contributed by atoms with E-state index in [1.54, 1.807) is 24.3 Å². The molecule has 134 valence electrons. The number of carbonyl (C=O) groups is 1. The van der Waals surface area contributed by atoms with E-state index in [0.717, 1.165) is 17.3 Å². The van der Waals surface area contributed by atoms with E-state index in [1.807, 2.05) is 19.1 Å². The molecular formula is C18H20BrNO4S. The SMILES string of the molecule is CCCCCC(=O)NS(=O)(=O)c1ccc(Oc2ccc(Br)cc2)cc1. The Labute approximate surface area is 156 Å². The van der Waals surface area contributed by atoms with Crippen LogP contribution in [-0.2, 0) is 14.8 Å². The highest BCUT2D eigenvalue weighted by Gasteiger charge is 2.17. The third-order valence-electron chi connectivity index (χ3n) is 3.44. The highest BCUT2D eigenvalue weighted by Crippen LogP contribution is 2.24. The number of nitrogens with one attached hydrogen (secondary N) is 1. The molecule has 0 heterocycles. The van der Waals surface area contributed by atoms with Gasteiger partial charge in [-0.25, -0.2) is 13.1 Å². The van der Waals surface area contributed by atoms with Crippen LogP contribution < -0.4 is 9.46 Å². The van der Waals surface area contributed by atoms with Gasteiger partial charge in [-0.3, -0.25) is 4.79 Å². The lowest BCUT2D eigenvalue weighted by atomic mass is 10.2. The summed E-state index contributed by atoms with van der Waals surface area (Å²) in [5, 5.41) is 0. The van der Waals surface area contributed by atoms with Gasteiger partial charge in [0, 0.05) is 10.9 Å². The van der Waals surface area contributed by atoms with Crippen LogP contribution in [0, 0.1) is 0 Å². The van der Waals surface area contributed by atoms with Crippen LogP contribution in [0.25, 0.3) is 0 Å². The molecule has 0 aliphatic carbocycles. The minimum absolute atomic E-state index is 0.0273. The Morgan fingerprint density at radius 2 is 1.56 bits per heavy atom. The highest BCUT2D eigenvalue weighted by molar-refractivity contribution is 9.10. The summed E-state index contributed by atoms with van der Waals surface area (Å²) in [7, 11) is -3.85. The highest BCUT2D eigenvalue weighted by atomic mass is 79.9. The lowest BCUT2D eigenvalue weighted by Crippen LogP contribution is -2.30. The van der Waals surface area contributed by atoms with Gasteiger partial charge in [-0.15, -0.1) is 0 Å². The molecule has 2 aromatic rings. The maximum absolute atomic E-state index is 12.2. The van der Waals surface area contributed by atoms with E-state index < -0.39 is 15.9 Å². The monoisotopic (exact) mass is 425 g/mol. The first-order valence-electron chi connectivity index (χ1n) is 8.00. The van der Waals surface area contributed by atoms with Crippen molar-refractivity contribution in [3.8, 4) is 11.5 Å². The first-order valence-corrected chi connectivity index (χ1v) is 10.3. The Morgan fingerprint density at radius 3 is 2.12 bits per heavy atom. The van der Waals surface area contributed by atoms with E-state index in [1.165, 1.54) is 12.1 Å². The summed E-state index contributed by atoms with van der Waals surface area (Å²) in [5.41, 5.74) is 0. The molecule has 0 unspecified atom stereocenters. The molecule has 0 aliphatic heterocycles. The summed E-state index contributed by atoms with van der Waals surface area (Å²) in [4.78, 5) is 11.8. The Balaban J connectivity index is 2.00. The Kier molecular flexibility index (Phi) is 7.01. The standard InChI is InChI=1S/C18H20BrNO4S/c1-2-3-4-5-18(21)20-25(22,23)17-12-10-16(11-13-17)24-15-8-6-14(19)7-9-15/h6-13H,2-5H2,1H3,(H,20,21). The summed E-state index contributed by atoms with van der Waals surface area (Å²) in [6.45, 7) is 2.02. The number of sulfonamides is 1. The number of unbranched alkanes of at least 4 members (excludes halogenated alkanes) is 2. The van der Waals surface area contributed by atoms with E-state index >= 15 is 0 Å². The van der Waals surface area contributed by atoms with Crippen molar-refractivity contribution in [2.75, 3.05) is 0 Å². The molecule has 5 nitrogen and oxygen atoms in total. The topological polar surface area (TPSA) is 72.5 Å². The molecule has 0 saturated heterocycles. The third kappa shape index (κ3) is 6.17. The normalized spacial score (nSPS) is 11.1. The average Bonchev–Trinajstić information content (AvgIpc) is 2.57. The first-order chi connectivity index (χ1) is 11.9. The Morgan fingerprint density at radius 1 is 1.00 bits per heavy atom.